The smallest absolute Gasteiger partial charge is 0.254 e. The second kappa shape index (κ2) is 8.37. The number of amides is 1. The summed E-state index contributed by atoms with van der Waals surface area (Å²) in [6.07, 6.45) is 7.95. The fourth-order valence-corrected chi connectivity index (χ4v) is 5.29. The zero-order valence-corrected chi connectivity index (χ0v) is 18.9. The van der Waals surface area contributed by atoms with Crippen LogP contribution in [0.15, 0.2) is 30.5 Å². The predicted octanol–water partition coefficient (Wildman–Crippen LogP) is 4.36. The van der Waals surface area contributed by atoms with Crippen LogP contribution in [0.3, 0.4) is 0 Å². The monoisotopic (exact) mass is 453 g/mol. The fourth-order valence-electron chi connectivity index (χ4n) is 5.18. The van der Waals surface area contributed by atoms with Gasteiger partial charge in [0.2, 0.25) is 0 Å². The van der Waals surface area contributed by atoms with Gasteiger partial charge in [-0.1, -0.05) is 11.6 Å². The van der Waals surface area contributed by atoms with Crippen LogP contribution in [0.1, 0.15) is 77.8 Å². The number of nitrogens with two attached hydrogens (primary N) is 1. The van der Waals surface area contributed by atoms with E-state index >= 15 is 0 Å². The Kier molecular flexibility index (Phi) is 5.55. The fraction of sp³-hybridized carbons (Fsp3) is 0.458. The molecular formula is C24H28ClN5O2. The summed E-state index contributed by atoms with van der Waals surface area (Å²) in [4.78, 5) is 20.1. The van der Waals surface area contributed by atoms with Gasteiger partial charge in [-0.05, 0) is 69.2 Å². The molecule has 1 saturated heterocycles. The number of hydrogen-bond acceptors (Lipinski definition) is 5. The highest BCUT2D eigenvalue weighted by molar-refractivity contribution is 6.32. The average Bonchev–Trinajstić information content (AvgIpc) is 3.40. The van der Waals surface area contributed by atoms with E-state index in [-0.39, 0.29) is 28.8 Å². The summed E-state index contributed by atoms with van der Waals surface area (Å²) in [7, 11) is 0. The van der Waals surface area contributed by atoms with Gasteiger partial charge in [-0.15, -0.1) is 0 Å². The Labute approximate surface area is 192 Å². The Morgan fingerprint density at radius 1 is 1.22 bits per heavy atom. The van der Waals surface area contributed by atoms with Crippen LogP contribution < -0.4 is 5.73 Å². The first-order chi connectivity index (χ1) is 15.4. The van der Waals surface area contributed by atoms with Crippen molar-refractivity contribution in [2.24, 2.45) is 5.73 Å². The van der Waals surface area contributed by atoms with E-state index in [1.54, 1.807) is 12.1 Å². The first-order valence-electron chi connectivity index (χ1n) is 11.3. The number of aromatic nitrogens is 3. The summed E-state index contributed by atoms with van der Waals surface area (Å²) in [6, 6.07) is 6.78. The van der Waals surface area contributed by atoms with Crippen molar-refractivity contribution in [3.63, 3.8) is 0 Å². The van der Waals surface area contributed by atoms with Crippen molar-refractivity contribution >= 4 is 23.2 Å². The number of likely N-dealkylation sites (tertiary alicyclic amines) is 1. The molecule has 0 radical (unpaired) electrons. The highest BCUT2D eigenvalue weighted by atomic mass is 35.5. The molecule has 2 fully saturated rings. The normalized spacial score (nSPS) is 23.7. The first-order valence-corrected chi connectivity index (χ1v) is 11.7. The SMILES string of the molecule is Cc1cn2nc(C3CCCCN3C(=O)c3ccc(Cl)c(O)c3)cc2nc1C1CCC(N)C1. The largest absolute Gasteiger partial charge is 0.506 e. The maximum atomic E-state index is 13.3. The van der Waals surface area contributed by atoms with Crippen LogP contribution in [0.25, 0.3) is 5.65 Å². The molecule has 1 amide bonds. The van der Waals surface area contributed by atoms with Crippen LogP contribution in [0.4, 0.5) is 0 Å². The zero-order valence-electron chi connectivity index (χ0n) is 18.2. The van der Waals surface area contributed by atoms with Crippen molar-refractivity contribution in [3.8, 4) is 5.75 Å². The summed E-state index contributed by atoms with van der Waals surface area (Å²) in [5, 5.41) is 15.0. The van der Waals surface area contributed by atoms with E-state index in [9.17, 15) is 9.90 Å². The molecule has 7 nitrogen and oxygen atoms in total. The van der Waals surface area contributed by atoms with E-state index < -0.39 is 0 Å². The van der Waals surface area contributed by atoms with Crippen LogP contribution in [-0.2, 0) is 0 Å². The lowest BCUT2D eigenvalue weighted by Crippen LogP contribution is -2.38. The van der Waals surface area contributed by atoms with E-state index in [0.717, 1.165) is 61.1 Å². The molecule has 0 bridgehead atoms. The molecule has 5 rings (SSSR count). The lowest BCUT2D eigenvalue weighted by molar-refractivity contribution is 0.0605. The van der Waals surface area contributed by atoms with Crippen molar-refractivity contribution in [2.45, 2.75) is 63.5 Å². The van der Waals surface area contributed by atoms with Gasteiger partial charge < -0.3 is 15.7 Å². The average molecular weight is 454 g/mol. The Hall–Kier alpha value is -2.64. The minimum absolute atomic E-state index is 0.0855. The minimum Gasteiger partial charge on any atom is -0.506 e. The quantitative estimate of drug-likeness (QED) is 0.614. The lowest BCUT2D eigenvalue weighted by atomic mass is 9.98. The van der Waals surface area contributed by atoms with E-state index in [0.29, 0.717) is 18.0 Å². The van der Waals surface area contributed by atoms with Gasteiger partial charge in [-0.3, -0.25) is 4.79 Å². The van der Waals surface area contributed by atoms with Gasteiger partial charge in [-0.25, -0.2) is 9.50 Å². The van der Waals surface area contributed by atoms with Crippen LogP contribution in [-0.4, -0.2) is 43.1 Å². The van der Waals surface area contributed by atoms with Gasteiger partial charge in [0, 0.05) is 36.3 Å². The molecule has 2 aromatic heterocycles. The number of halogens is 1. The third kappa shape index (κ3) is 3.84. The second-order valence-corrected chi connectivity index (χ2v) is 9.53. The van der Waals surface area contributed by atoms with Gasteiger partial charge in [-0.2, -0.15) is 5.10 Å². The number of fused-ring (bicyclic) bond motifs is 1. The zero-order chi connectivity index (χ0) is 22.4. The number of hydrogen-bond donors (Lipinski definition) is 2. The summed E-state index contributed by atoms with van der Waals surface area (Å²) >= 11 is 5.92. The molecule has 3 aromatic rings. The van der Waals surface area contributed by atoms with Crippen LogP contribution in [0, 0.1) is 6.92 Å². The molecule has 168 valence electrons. The molecule has 1 aliphatic heterocycles. The highest BCUT2D eigenvalue weighted by Gasteiger charge is 2.32. The summed E-state index contributed by atoms with van der Waals surface area (Å²) < 4.78 is 1.83. The van der Waals surface area contributed by atoms with Gasteiger partial charge in [0.1, 0.15) is 5.75 Å². The Morgan fingerprint density at radius 3 is 2.81 bits per heavy atom. The standard InChI is InChI=1S/C24H28ClN5O2/c1-14-13-30-22(27-23(14)15-5-7-17(26)10-15)12-19(28-30)20-4-2-3-9-29(20)24(32)16-6-8-18(25)21(31)11-16/h6,8,11-13,15,17,20,31H,2-5,7,9-10,26H2,1H3. The van der Waals surface area contributed by atoms with Crippen LogP contribution in [0.2, 0.25) is 5.02 Å². The van der Waals surface area contributed by atoms with E-state index in [2.05, 4.69) is 6.92 Å². The number of phenolic OH excluding ortho intramolecular Hbond substituents is 1. The van der Waals surface area contributed by atoms with Crippen molar-refractivity contribution in [3.05, 3.63) is 58.0 Å². The van der Waals surface area contributed by atoms with Crippen molar-refractivity contribution in [2.75, 3.05) is 6.54 Å². The number of carbonyl (C=O) groups excluding carboxylic acids is 1. The maximum Gasteiger partial charge on any atom is 0.254 e. The van der Waals surface area contributed by atoms with Crippen molar-refractivity contribution < 1.29 is 9.90 Å². The number of benzene rings is 1. The van der Waals surface area contributed by atoms with Crippen molar-refractivity contribution in [1.29, 1.82) is 0 Å². The van der Waals surface area contributed by atoms with Crippen LogP contribution in [0.5, 0.6) is 5.75 Å². The first kappa shape index (κ1) is 21.2. The summed E-state index contributed by atoms with van der Waals surface area (Å²) in [5.41, 5.74) is 10.5. The minimum atomic E-state index is -0.126. The molecule has 32 heavy (non-hydrogen) atoms. The molecule has 1 aromatic carbocycles. The molecule has 3 N–H and O–H groups in total. The molecule has 1 aliphatic carbocycles. The second-order valence-electron chi connectivity index (χ2n) is 9.13. The van der Waals surface area contributed by atoms with Gasteiger partial charge in [0.05, 0.1) is 22.5 Å². The third-order valence-electron chi connectivity index (χ3n) is 6.85. The predicted molar refractivity (Wildman–Crippen MR) is 123 cm³/mol. The molecule has 3 atom stereocenters. The number of piperidine rings is 1. The number of aryl methyl sites for hydroxylation is 1. The van der Waals surface area contributed by atoms with E-state index in [1.807, 2.05) is 21.7 Å². The number of aromatic hydroxyl groups is 1. The molecule has 2 aliphatic rings. The van der Waals surface area contributed by atoms with Gasteiger partial charge in [0.25, 0.3) is 5.91 Å². The topological polar surface area (TPSA) is 96.8 Å². The number of nitrogens with zero attached hydrogens (tertiary/aromatic N) is 4. The van der Waals surface area contributed by atoms with Crippen LogP contribution >= 0.6 is 11.6 Å². The number of rotatable bonds is 3. The van der Waals surface area contributed by atoms with Gasteiger partial charge >= 0.3 is 0 Å². The van der Waals surface area contributed by atoms with Crippen molar-refractivity contribution in [1.82, 2.24) is 19.5 Å². The highest BCUT2D eigenvalue weighted by Crippen LogP contribution is 2.36. The molecule has 3 heterocycles. The van der Waals surface area contributed by atoms with E-state index in [4.69, 9.17) is 27.4 Å². The van der Waals surface area contributed by atoms with Gasteiger partial charge in [0.15, 0.2) is 5.65 Å². The molecule has 3 unspecified atom stereocenters. The number of phenols is 1. The molecule has 8 heteroatoms. The molecular weight excluding hydrogens is 426 g/mol. The number of carbonyl (C=O) groups is 1. The molecule has 0 spiro atoms. The summed E-state index contributed by atoms with van der Waals surface area (Å²) in [5.74, 6) is 0.194. The third-order valence-corrected chi connectivity index (χ3v) is 7.17. The maximum absolute atomic E-state index is 13.3. The Morgan fingerprint density at radius 2 is 2.06 bits per heavy atom. The Balaban J connectivity index is 1.47. The van der Waals surface area contributed by atoms with E-state index in [1.165, 1.54) is 6.07 Å². The Bertz CT molecular complexity index is 1180. The summed E-state index contributed by atoms with van der Waals surface area (Å²) in [6.45, 7) is 2.73. The molecule has 1 saturated carbocycles. The lowest BCUT2D eigenvalue weighted by Gasteiger charge is -2.34.